The highest BCUT2D eigenvalue weighted by Gasteiger charge is 2.08. The van der Waals surface area contributed by atoms with Gasteiger partial charge in [-0.3, -0.25) is 0 Å². The van der Waals surface area contributed by atoms with Gasteiger partial charge in [-0.2, -0.15) is 0 Å². The van der Waals surface area contributed by atoms with Crippen molar-refractivity contribution in [1.29, 1.82) is 0 Å². The summed E-state index contributed by atoms with van der Waals surface area (Å²) < 4.78 is 0. The van der Waals surface area contributed by atoms with Crippen molar-refractivity contribution in [2.24, 2.45) is 4.99 Å². The molecular weight excluding hydrogens is 302 g/mol. The van der Waals surface area contributed by atoms with Crippen molar-refractivity contribution in [3.8, 4) is 27.8 Å². The molecule has 0 spiro atoms. The van der Waals surface area contributed by atoms with Crippen molar-refractivity contribution in [2.45, 2.75) is 0 Å². The molecule has 0 unspecified atom stereocenters. The third-order valence-corrected chi connectivity index (χ3v) is 3.71. The first-order valence-corrected chi connectivity index (χ1v) is 7.12. The van der Waals surface area contributed by atoms with Gasteiger partial charge < -0.3 is 15.3 Å². The molecule has 7 heteroatoms. The first-order chi connectivity index (χ1) is 10.6. The molecule has 0 bridgehead atoms. The molecule has 0 aliphatic rings. The number of hydrogen-bond acceptors (Lipinski definition) is 7. The lowest BCUT2D eigenvalue weighted by Gasteiger charge is -1.98. The quantitative estimate of drug-likeness (QED) is 0.510. The van der Waals surface area contributed by atoms with E-state index in [-0.39, 0.29) is 17.2 Å². The summed E-state index contributed by atoms with van der Waals surface area (Å²) in [5.74, 6) is -0.227. The van der Waals surface area contributed by atoms with E-state index in [1.807, 2.05) is 6.07 Å². The molecule has 2 aromatic carbocycles. The number of benzene rings is 2. The highest BCUT2D eigenvalue weighted by Crippen LogP contribution is 2.33. The first-order valence-electron chi connectivity index (χ1n) is 6.31. The molecule has 0 radical (unpaired) electrons. The Hall–Kier alpha value is -2.93. The van der Waals surface area contributed by atoms with E-state index in [4.69, 9.17) is 0 Å². The zero-order valence-corrected chi connectivity index (χ0v) is 12.0. The summed E-state index contributed by atoms with van der Waals surface area (Å²) in [6.45, 7) is 0. The number of hydrogen-bond donors (Lipinski definition) is 3. The minimum atomic E-state index is -0.211. The van der Waals surface area contributed by atoms with Crippen molar-refractivity contribution in [1.82, 2.24) is 10.2 Å². The summed E-state index contributed by atoms with van der Waals surface area (Å²) in [6, 6.07) is 11.1. The molecule has 0 saturated carbocycles. The maximum Gasteiger partial charge on any atom is 0.231 e. The maximum absolute atomic E-state index is 9.50. The van der Waals surface area contributed by atoms with Crippen LogP contribution in [0.4, 0.5) is 5.13 Å². The number of aromatic nitrogens is 2. The minimum Gasteiger partial charge on any atom is -0.508 e. The number of phenols is 3. The predicted molar refractivity (Wildman–Crippen MR) is 84.0 cm³/mol. The van der Waals surface area contributed by atoms with Gasteiger partial charge in [0.15, 0.2) is 11.5 Å². The summed E-state index contributed by atoms with van der Waals surface area (Å²) in [5.41, 5.74) is 1.39. The Labute approximate surface area is 129 Å². The SMILES string of the molecule is Oc1cccc(C=Nc2nnc(-c3ccc(O)c(O)c3)s2)c1. The summed E-state index contributed by atoms with van der Waals surface area (Å²) >= 11 is 1.25. The van der Waals surface area contributed by atoms with Crippen LogP contribution in [0, 0.1) is 0 Å². The average molecular weight is 313 g/mol. The Morgan fingerprint density at radius 1 is 0.955 bits per heavy atom. The molecule has 1 aromatic heterocycles. The Morgan fingerprint density at radius 3 is 2.59 bits per heavy atom. The van der Waals surface area contributed by atoms with E-state index in [0.29, 0.717) is 15.7 Å². The predicted octanol–water partition coefficient (Wildman–Crippen LogP) is 3.07. The number of aliphatic imine (C=N–C) groups is 1. The largest absolute Gasteiger partial charge is 0.508 e. The molecule has 6 nitrogen and oxygen atoms in total. The lowest BCUT2D eigenvalue weighted by Crippen LogP contribution is -1.79. The monoisotopic (exact) mass is 313 g/mol. The summed E-state index contributed by atoms with van der Waals surface area (Å²) in [7, 11) is 0. The molecule has 0 saturated heterocycles. The van der Waals surface area contributed by atoms with Crippen molar-refractivity contribution in [3.63, 3.8) is 0 Å². The molecule has 110 valence electrons. The van der Waals surface area contributed by atoms with Crippen LogP contribution in [0.5, 0.6) is 17.2 Å². The van der Waals surface area contributed by atoms with E-state index in [9.17, 15) is 15.3 Å². The molecule has 0 atom stereocenters. The van der Waals surface area contributed by atoms with E-state index >= 15 is 0 Å². The number of rotatable bonds is 3. The molecule has 22 heavy (non-hydrogen) atoms. The van der Waals surface area contributed by atoms with Gasteiger partial charge in [0.05, 0.1) is 0 Å². The highest BCUT2D eigenvalue weighted by atomic mass is 32.1. The fourth-order valence-corrected chi connectivity index (χ4v) is 2.46. The van der Waals surface area contributed by atoms with E-state index < -0.39 is 0 Å². The Balaban J connectivity index is 1.83. The second-order valence-corrected chi connectivity index (χ2v) is 5.40. The lowest BCUT2D eigenvalue weighted by atomic mass is 10.2. The zero-order valence-electron chi connectivity index (χ0n) is 11.2. The average Bonchev–Trinajstić information content (AvgIpc) is 2.97. The zero-order chi connectivity index (χ0) is 15.5. The number of phenolic OH excluding ortho intramolecular Hbond substituents is 3. The Bertz CT molecular complexity index is 846. The molecule has 3 rings (SSSR count). The minimum absolute atomic E-state index is 0.168. The Kier molecular flexibility index (Phi) is 3.71. The standard InChI is InChI=1S/C15H11N3O3S/c19-11-3-1-2-9(6-11)8-16-15-18-17-14(22-15)10-4-5-12(20)13(21)7-10/h1-8,19-21H. The van der Waals surface area contributed by atoms with E-state index in [2.05, 4.69) is 15.2 Å². The second-order valence-electron chi connectivity index (χ2n) is 4.45. The van der Waals surface area contributed by atoms with Gasteiger partial charge in [-0.15, -0.1) is 10.2 Å². The number of aromatic hydroxyl groups is 3. The van der Waals surface area contributed by atoms with Gasteiger partial charge in [0, 0.05) is 11.8 Å². The van der Waals surface area contributed by atoms with Crippen molar-refractivity contribution in [3.05, 3.63) is 48.0 Å². The lowest BCUT2D eigenvalue weighted by molar-refractivity contribution is 0.404. The van der Waals surface area contributed by atoms with Gasteiger partial charge in [-0.1, -0.05) is 23.5 Å². The summed E-state index contributed by atoms with van der Waals surface area (Å²) in [5, 5.41) is 37.2. The van der Waals surface area contributed by atoms with Crippen LogP contribution in [0.25, 0.3) is 10.6 Å². The molecule has 0 fully saturated rings. The van der Waals surface area contributed by atoms with Crippen LogP contribution in [0.2, 0.25) is 0 Å². The smallest absolute Gasteiger partial charge is 0.231 e. The molecule has 0 aliphatic carbocycles. The maximum atomic E-state index is 9.50. The van der Waals surface area contributed by atoms with Crippen LogP contribution in [0.1, 0.15) is 5.56 Å². The highest BCUT2D eigenvalue weighted by molar-refractivity contribution is 7.18. The summed E-state index contributed by atoms with van der Waals surface area (Å²) in [4.78, 5) is 4.20. The summed E-state index contributed by atoms with van der Waals surface area (Å²) in [6.07, 6.45) is 1.58. The number of nitrogens with zero attached hydrogens (tertiary/aromatic N) is 3. The van der Waals surface area contributed by atoms with Crippen LogP contribution >= 0.6 is 11.3 Å². The molecule has 0 aliphatic heterocycles. The van der Waals surface area contributed by atoms with Crippen LogP contribution in [-0.2, 0) is 0 Å². The normalized spacial score (nSPS) is 11.1. The van der Waals surface area contributed by atoms with Crippen LogP contribution in [-0.4, -0.2) is 31.7 Å². The van der Waals surface area contributed by atoms with Gasteiger partial charge in [0.2, 0.25) is 5.13 Å². The van der Waals surface area contributed by atoms with Crippen LogP contribution < -0.4 is 0 Å². The van der Waals surface area contributed by atoms with E-state index in [1.54, 1.807) is 30.5 Å². The molecular formula is C15H11N3O3S. The molecule has 3 N–H and O–H groups in total. The third kappa shape index (κ3) is 3.04. The van der Waals surface area contributed by atoms with E-state index in [0.717, 1.165) is 5.56 Å². The van der Waals surface area contributed by atoms with Gasteiger partial charge in [0.25, 0.3) is 0 Å². The van der Waals surface area contributed by atoms with E-state index in [1.165, 1.54) is 23.5 Å². The molecule has 3 aromatic rings. The third-order valence-electron chi connectivity index (χ3n) is 2.83. The van der Waals surface area contributed by atoms with Crippen LogP contribution in [0.3, 0.4) is 0 Å². The Morgan fingerprint density at radius 2 is 1.82 bits per heavy atom. The fourth-order valence-electron chi connectivity index (χ4n) is 1.78. The second kappa shape index (κ2) is 5.82. The van der Waals surface area contributed by atoms with Gasteiger partial charge in [-0.05, 0) is 35.9 Å². The van der Waals surface area contributed by atoms with Crippen molar-refractivity contribution in [2.75, 3.05) is 0 Å². The van der Waals surface area contributed by atoms with Crippen molar-refractivity contribution < 1.29 is 15.3 Å². The van der Waals surface area contributed by atoms with Gasteiger partial charge >= 0.3 is 0 Å². The molecule has 0 amide bonds. The first kappa shape index (κ1) is 14.0. The van der Waals surface area contributed by atoms with Crippen LogP contribution in [0.15, 0.2) is 47.5 Å². The van der Waals surface area contributed by atoms with Gasteiger partial charge in [0.1, 0.15) is 10.8 Å². The fraction of sp³-hybridized carbons (Fsp3) is 0. The topological polar surface area (TPSA) is 98.8 Å². The molecule has 1 heterocycles. The van der Waals surface area contributed by atoms with Crippen molar-refractivity contribution >= 4 is 22.7 Å². The van der Waals surface area contributed by atoms with Gasteiger partial charge in [-0.25, -0.2) is 4.99 Å².